The van der Waals surface area contributed by atoms with Crippen LogP contribution in [0.4, 0.5) is 4.79 Å². The van der Waals surface area contributed by atoms with Gasteiger partial charge in [-0.1, -0.05) is 43.2 Å². The number of nitrogens with zero attached hydrogens (tertiary/aromatic N) is 2. The van der Waals surface area contributed by atoms with Crippen molar-refractivity contribution >= 4 is 23.3 Å². The summed E-state index contributed by atoms with van der Waals surface area (Å²) >= 11 is 1.59. The van der Waals surface area contributed by atoms with E-state index < -0.39 is 5.54 Å². The molecule has 0 spiro atoms. The summed E-state index contributed by atoms with van der Waals surface area (Å²) in [4.78, 5) is 31.1. The lowest BCUT2D eigenvalue weighted by Crippen LogP contribution is -2.40. The lowest BCUT2D eigenvalue weighted by Gasteiger charge is -2.22. The second-order valence-corrected chi connectivity index (χ2v) is 7.59. The van der Waals surface area contributed by atoms with Crippen LogP contribution in [0, 0.1) is 6.92 Å². The van der Waals surface area contributed by atoms with Crippen LogP contribution in [0.15, 0.2) is 29.6 Å². The highest BCUT2D eigenvalue weighted by atomic mass is 32.1. The normalized spacial score (nSPS) is 20.2. The number of carbonyl (C=O) groups excluding carboxylic acids is 2. The Labute approximate surface area is 152 Å². The SMILES string of the molecule is CCCCc1nc(CN2C(=O)N[C@@](C)(c3ccc(C)cc3)C2=O)cs1. The fraction of sp³-hybridized carbons (Fsp3) is 0.421. The van der Waals surface area contributed by atoms with Gasteiger partial charge in [-0.05, 0) is 32.3 Å². The predicted octanol–water partition coefficient (Wildman–Crippen LogP) is 3.76. The average Bonchev–Trinajstić information content (AvgIpc) is 3.12. The molecular weight excluding hydrogens is 334 g/mol. The van der Waals surface area contributed by atoms with Gasteiger partial charge in [-0.3, -0.25) is 9.69 Å². The van der Waals surface area contributed by atoms with Crippen LogP contribution in [0.2, 0.25) is 0 Å². The van der Waals surface area contributed by atoms with Crippen LogP contribution >= 0.6 is 11.3 Å². The van der Waals surface area contributed by atoms with E-state index in [4.69, 9.17) is 0 Å². The number of imide groups is 1. The summed E-state index contributed by atoms with van der Waals surface area (Å²) in [7, 11) is 0. The van der Waals surface area contributed by atoms with Gasteiger partial charge in [0.25, 0.3) is 5.91 Å². The Kier molecular flexibility index (Phi) is 4.90. The average molecular weight is 357 g/mol. The van der Waals surface area contributed by atoms with Crippen molar-refractivity contribution in [3.8, 4) is 0 Å². The van der Waals surface area contributed by atoms with E-state index in [-0.39, 0.29) is 18.5 Å². The minimum Gasteiger partial charge on any atom is -0.319 e. The van der Waals surface area contributed by atoms with E-state index in [1.165, 1.54) is 4.90 Å². The van der Waals surface area contributed by atoms with Gasteiger partial charge in [0, 0.05) is 5.38 Å². The van der Waals surface area contributed by atoms with E-state index in [2.05, 4.69) is 17.2 Å². The second-order valence-electron chi connectivity index (χ2n) is 6.65. The molecule has 1 aliphatic rings. The molecular formula is C19H23N3O2S. The first-order valence-electron chi connectivity index (χ1n) is 8.58. The van der Waals surface area contributed by atoms with Gasteiger partial charge in [0.05, 0.1) is 17.2 Å². The summed E-state index contributed by atoms with van der Waals surface area (Å²) in [5.74, 6) is -0.232. The highest BCUT2D eigenvalue weighted by Gasteiger charge is 2.49. The van der Waals surface area contributed by atoms with Crippen molar-refractivity contribution in [3.05, 3.63) is 51.5 Å². The summed E-state index contributed by atoms with van der Waals surface area (Å²) in [6.07, 6.45) is 3.17. The molecule has 25 heavy (non-hydrogen) atoms. The summed E-state index contributed by atoms with van der Waals surface area (Å²) in [6, 6.07) is 7.31. The maximum Gasteiger partial charge on any atom is 0.325 e. The number of aryl methyl sites for hydroxylation is 2. The Morgan fingerprint density at radius 3 is 2.64 bits per heavy atom. The molecule has 5 nitrogen and oxygen atoms in total. The number of amides is 3. The Bertz CT molecular complexity index is 784. The molecule has 6 heteroatoms. The molecule has 2 heterocycles. The summed E-state index contributed by atoms with van der Waals surface area (Å²) < 4.78 is 0. The van der Waals surface area contributed by atoms with Crippen LogP contribution in [0.5, 0.6) is 0 Å². The molecule has 0 aliphatic carbocycles. The Hall–Kier alpha value is -2.21. The van der Waals surface area contributed by atoms with Crippen LogP contribution in [0.1, 0.15) is 48.5 Å². The molecule has 0 saturated carbocycles. The minimum absolute atomic E-state index is 0.217. The molecule has 0 radical (unpaired) electrons. The van der Waals surface area contributed by atoms with Crippen LogP contribution < -0.4 is 5.32 Å². The predicted molar refractivity (Wildman–Crippen MR) is 98.3 cm³/mol. The minimum atomic E-state index is -1.02. The zero-order chi connectivity index (χ0) is 18.0. The van der Waals surface area contributed by atoms with E-state index in [1.54, 1.807) is 18.3 Å². The standard InChI is InChI=1S/C19H23N3O2S/c1-4-5-6-16-20-15(12-25-16)11-22-17(23)19(3,21-18(22)24)14-9-7-13(2)8-10-14/h7-10,12H,4-6,11H2,1-3H3,(H,21,24)/t19-/m0/s1. The molecule has 1 fully saturated rings. The molecule has 1 saturated heterocycles. The molecule has 1 aromatic heterocycles. The van der Waals surface area contributed by atoms with E-state index in [1.807, 2.05) is 36.6 Å². The lowest BCUT2D eigenvalue weighted by molar-refractivity contribution is -0.131. The highest BCUT2D eigenvalue weighted by molar-refractivity contribution is 7.09. The van der Waals surface area contributed by atoms with E-state index in [9.17, 15) is 9.59 Å². The molecule has 1 N–H and O–H groups in total. The third-order valence-electron chi connectivity index (χ3n) is 4.57. The monoisotopic (exact) mass is 357 g/mol. The number of aromatic nitrogens is 1. The van der Waals surface area contributed by atoms with Crippen LogP contribution in [-0.2, 0) is 23.3 Å². The molecule has 1 aromatic carbocycles. The van der Waals surface area contributed by atoms with Gasteiger partial charge < -0.3 is 5.32 Å². The Morgan fingerprint density at radius 1 is 1.24 bits per heavy atom. The fourth-order valence-corrected chi connectivity index (χ4v) is 3.78. The van der Waals surface area contributed by atoms with Crippen molar-refractivity contribution in [2.24, 2.45) is 0 Å². The van der Waals surface area contributed by atoms with Gasteiger partial charge in [0.2, 0.25) is 0 Å². The molecule has 0 bridgehead atoms. The number of rotatable bonds is 6. The van der Waals surface area contributed by atoms with Crippen molar-refractivity contribution in [3.63, 3.8) is 0 Å². The van der Waals surface area contributed by atoms with E-state index in [0.717, 1.165) is 41.1 Å². The lowest BCUT2D eigenvalue weighted by atomic mass is 9.91. The van der Waals surface area contributed by atoms with Crippen LogP contribution in [0.3, 0.4) is 0 Å². The van der Waals surface area contributed by atoms with Crippen molar-refractivity contribution in [2.45, 2.75) is 52.1 Å². The van der Waals surface area contributed by atoms with E-state index in [0.29, 0.717) is 0 Å². The number of carbonyl (C=O) groups is 2. The zero-order valence-corrected chi connectivity index (χ0v) is 15.7. The summed E-state index contributed by atoms with van der Waals surface area (Å²) in [6.45, 7) is 6.11. The third-order valence-corrected chi connectivity index (χ3v) is 5.52. The highest BCUT2D eigenvalue weighted by Crippen LogP contribution is 2.30. The first-order chi connectivity index (χ1) is 11.9. The maximum atomic E-state index is 12.9. The molecule has 1 aliphatic heterocycles. The zero-order valence-electron chi connectivity index (χ0n) is 14.8. The number of thiazole rings is 1. The number of benzene rings is 1. The number of nitrogens with one attached hydrogen (secondary N) is 1. The molecule has 1 atom stereocenters. The van der Waals surface area contributed by atoms with Crippen LogP contribution in [0.25, 0.3) is 0 Å². The van der Waals surface area contributed by atoms with Gasteiger partial charge in [0.1, 0.15) is 5.54 Å². The van der Waals surface area contributed by atoms with Crippen molar-refractivity contribution in [1.82, 2.24) is 15.2 Å². The Morgan fingerprint density at radius 2 is 1.96 bits per heavy atom. The summed E-state index contributed by atoms with van der Waals surface area (Å²) in [5.41, 5.74) is 1.66. The molecule has 2 aromatic rings. The molecule has 0 unspecified atom stereocenters. The van der Waals surface area contributed by atoms with Gasteiger partial charge in [0.15, 0.2) is 0 Å². The maximum absolute atomic E-state index is 12.9. The molecule has 3 amide bonds. The third kappa shape index (κ3) is 3.44. The number of hydrogen-bond donors (Lipinski definition) is 1. The van der Waals surface area contributed by atoms with Crippen LogP contribution in [-0.4, -0.2) is 21.8 Å². The number of unbranched alkanes of at least 4 members (excludes halogenated alkanes) is 1. The van der Waals surface area contributed by atoms with Crippen molar-refractivity contribution < 1.29 is 9.59 Å². The van der Waals surface area contributed by atoms with Gasteiger partial charge in [-0.2, -0.15) is 0 Å². The quantitative estimate of drug-likeness (QED) is 0.801. The summed E-state index contributed by atoms with van der Waals surface area (Å²) in [5, 5.41) is 5.84. The second kappa shape index (κ2) is 6.96. The molecule has 132 valence electrons. The largest absolute Gasteiger partial charge is 0.325 e. The van der Waals surface area contributed by atoms with Gasteiger partial charge in [-0.15, -0.1) is 11.3 Å². The first kappa shape index (κ1) is 17.6. The smallest absolute Gasteiger partial charge is 0.319 e. The van der Waals surface area contributed by atoms with Crippen molar-refractivity contribution in [1.29, 1.82) is 0 Å². The fourth-order valence-electron chi connectivity index (χ4n) is 2.95. The number of urea groups is 1. The van der Waals surface area contributed by atoms with Crippen molar-refractivity contribution in [2.75, 3.05) is 0 Å². The van der Waals surface area contributed by atoms with E-state index >= 15 is 0 Å². The van der Waals surface area contributed by atoms with Gasteiger partial charge >= 0.3 is 6.03 Å². The topological polar surface area (TPSA) is 62.3 Å². The first-order valence-corrected chi connectivity index (χ1v) is 9.46. The number of hydrogen-bond acceptors (Lipinski definition) is 4. The van der Waals surface area contributed by atoms with Gasteiger partial charge in [-0.25, -0.2) is 9.78 Å². The molecule has 3 rings (SSSR count). The Balaban J connectivity index is 1.77.